The van der Waals surface area contributed by atoms with E-state index in [0.717, 1.165) is 22.3 Å². The van der Waals surface area contributed by atoms with Crippen LogP contribution in [-0.2, 0) is 19.1 Å². The van der Waals surface area contributed by atoms with Gasteiger partial charge in [0.2, 0.25) is 11.8 Å². The first-order valence-corrected chi connectivity index (χ1v) is 10.9. The van der Waals surface area contributed by atoms with E-state index in [9.17, 15) is 19.2 Å². The molecule has 1 aliphatic carbocycles. The van der Waals surface area contributed by atoms with Crippen LogP contribution in [0.5, 0.6) is 0 Å². The second-order valence-electron chi connectivity index (χ2n) is 7.78. The number of carboxylic acids is 1. The highest BCUT2D eigenvalue weighted by molar-refractivity contribution is 5.90. The predicted octanol–water partition coefficient (Wildman–Crippen LogP) is 2.18. The molecule has 2 aromatic carbocycles. The number of allylic oxidation sites excluding steroid dienone is 1. The van der Waals surface area contributed by atoms with Gasteiger partial charge in [-0.3, -0.25) is 14.4 Å². The highest BCUT2D eigenvalue weighted by atomic mass is 16.5. The summed E-state index contributed by atoms with van der Waals surface area (Å²) < 4.78 is 5.49. The largest absolute Gasteiger partial charge is 0.480 e. The molecule has 0 radical (unpaired) electrons. The second kappa shape index (κ2) is 11.6. The Morgan fingerprint density at radius 2 is 1.59 bits per heavy atom. The molecule has 178 valence electrons. The standard InChI is InChI=1S/C25H27N3O6/c1-2-3-12-21(24(32)27-13-22(29)26-14-23(30)31)28-25(33)34-15-20-18-10-6-4-8-16(18)17-9-5-7-11-19(17)20/h2,4-11,20-21H,1,3,12-15H2,(H,26,29)(H,27,32)(H,28,33)(H,30,31). The first-order valence-electron chi connectivity index (χ1n) is 10.9. The Morgan fingerprint density at radius 3 is 2.18 bits per heavy atom. The first kappa shape index (κ1) is 24.5. The van der Waals surface area contributed by atoms with Crippen molar-refractivity contribution < 1.29 is 29.0 Å². The average molecular weight is 466 g/mol. The molecule has 0 fully saturated rings. The van der Waals surface area contributed by atoms with Crippen molar-refractivity contribution in [2.75, 3.05) is 19.7 Å². The number of carbonyl (C=O) groups excluding carboxylic acids is 3. The summed E-state index contributed by atoms with van der Waals surface area (Å²) >= 11 is 0. The van der Waals surface area contributed by atoms with Crippen LogP contribution in [0.2, 0.25) is 0 Å². The van der Waals surface area contributed by atoms with E-state index < -0.39 is 43.0 Å². The summed E-state index contributed by atoms with van der Waals surface area (Å²) in [5.41, 5.74) is 4.36. The van der Waals surface area contributed by atoms with Gasteiger partial charge >= 0.3 is 12.1 Å². The van der Waals surface area contributed by atoms with Crippen molar-refractivity contribution in [3.05, 3.63) is 72.3 Å². The van der Waals surface area contributed by atoms with E-state index in [1.165, 1.54) is 0 Å². The lowest BCUT2D eigenvalue weighted by Gasteiger charge is -2.19. The van der Waals surface area contributed by atoms with Gasteiger partial charge in [-0.15, -0.1) is 6.58 Å². The van der Waals surface area contributed by atoms with Gasteiger partial charge in [0, 0.05) is 5.92 Å². The Labute approximate surface area is 197 Å². The number of alkyl carbamates (subject to hydrolysis) is 1. The lowest BCUT2D eigenvalue weighted by molar-refractivity contribution is -0.137. The summed E-state index contributed by atoms with van der Waals surface area (Å²) in [4.78, 5) is 47.2. The van der Waals surface area contributed by atoms with Crippen LogP contribution < -0.4 is 16.0 Å². The molecule has 0 aliphatic heterocycles. The number of carbonyl (C=O) groups is 4. The van der Waals surface area contributed by atoms with Crippen molar-refractivity contribution in [1.29, 1.82) is 0 Å². The van der Waals surface area contributed by atoms with Gasteiger partial charge in [-0.25, -0.2) is 4.79 Å². The van der Waals surface area contributed by atoms with E-state index in [1.807, 2.05) is 48.5 Å². The Kier molecular flexibility index (Phi) is 8.39. The number of benzene rings is 2. The van der Waals surface area contributed by atoms with Gasteiger partial charge in [0.1, 0.15) is 19.2 Å². The number of rotatable bonds is 11. The van der Waals surface area contributed by atoms with E-state index in [1.54, 1.807) is 6.08 Å². The normalized spacial score (nSPS) is 12.6. The second-order valence-corrected chi connectivity index (χ2v) is 7.78. The van der Waals surface area contributed by atoms with Crippen LogP contribution in [0.1, 0.15) is 29.9 Å². The molecule has 34 heavy (non-hydrogen) atoms. The van der Waals surface area contributed by atoms with E-state index in [-0.39, 0.29) is 18.9 Å². The fourth-order valence-electron chi connectivity index (χ4n) is 3.86. The van der Waals surface area contributed by atoms with Crippen molar-refractivity contribution >= 4 is 23.9 Å². The summed E-state index contributed by atoms with van der Waals surface area (Å²) in [6, 6.07) is 15.0. The van der Waals surface area contributed by atoms with Gasteiger partial charge in [0.15, 0.2) is 0 Å². The molecule has 0 saturated heterocycles. The molecule has 0 aromatic heterocycles. The Morgan fingerprint density at radius 1 is 0.971 bits per heavy atom. The number of hydrogen-bond donors (Lipinski definition) is 4. The minimum Gasteiger partial charge on any atom is -0.480 e. The minimum atomic E-state index is -1.19. The lowest BCUT2D eigenvalue weighted by atomic mass is 9.98. The molecule has 1 atom stereocenters. The number of aliphatic carboxylic acids is 1. The molecular formula is C25H27N3O6. The molecule has 2 aromatic rings. The molecule has 0 spiro atoms. The van der Waals surface area contributed by atoms with Crippen molar-refractivity contribution in [3.63, 3.8) is 0 Å². The summed E-state index contributed by atoms with van der Waals surface area (Å²) in [6.07, 6.45) is 1.57. The highest BCUT2D eigenvalue weighted by Crippen LogP contribution is 2.44. The average Bonchev–Trinajstić information content (AvgIpc) is 3.16. The number of nitrogens with one attached hydrogen (secondary N) is 3. The molecule has 9 heteroatoms. The van der Waals surface area contributed by atoms with Crippen LogP contribution in [0, 0.1) is 0 Å². The van der Waals surface area contributed by atoms with Gasteiger partial charge in [-0.1, -0.05) is 54.6 Å². The number of ether oxygens (including phenoxy) is 1. The van der Waals surface area contributed by atoms with Crippen LogP contribution in [0.4, 0.5) is 4.79 Å². The smallest absolute Gasteiger partial charge is 0.407 e. The van der Waals surface area contributed by atoms with E-state index in [0.29, 0.717) is 6.42 Å². The van der Waals surface area contributed by atoms with Gasteiger partial charge in [-0.05, 0) is 35.1 Å². The number of hydrogen-bond acceptors (Lipinski definition) is 5. The number of carboxylic acid groups (broad SMARTS) is 1. The van der Waals surface area contributed by atoms with Gasteiger partial charge in [0.05, 0.1) is 6.54 Å². The van der Waals surface area contributed by atoms with Crippen molar-refractivity contribution in [3.8, 4) is 11.1 Å². The summed E-state index contributed by atoms with van der Waals surface area (Å²) in [5.74, 6) is -2.54. The summed E-state index contributed by atoms with van der Waals surface area (Å²) in [6.45, 7) is 2.76. The third-order valence-electron chi connectivity index (χ3n) is 5.47. The molecule has 3 rings (SSSR count). The van der Waals surface area contributed by atoms with Crippen LogP contribution in [0.25, 0.3) is 11.1 Å². The van der Waals surface area contributed by atoms with Gasteiger partial charge in [0.25, 0.3) is 0 Å². The van der Waals surface area contributed by atoms with Crippen molar-refractivity contribution in [1.82, 2.24) is 16.0 Å². The Balaban J connectivity index is 1.58. The monoisotopic (exact) mass is 465 g/mol. The fraction of sp³-hybridized carbons (Fsp3) is 0.280. The first-order chi connectivity index (χ1) is 16.4. The number of amides is 3. The van der Waals surface area contributed by atoms with Gasteiger partial charge in [-0.2, -0.15) is 0 Å². The topological polar surface area (TPSA) is 134 Å². The minimum absolute atomic E-state index is 0.104. The third kappa shape index (κ3) is 6.22. The van der Waals surface area contributed by atoms with Gasteiger partial charge < -0.3 is 25.8 Å². The molecule has 1 aliphatic rings. The van der Waals surface area contributed by atoms with Crippen LogP contribution in [-0.4, -0.2) is 54.7 Å². The van der Waals surface area contributed by atoms with Crippen LogP contribution in [0.3, 0.4) is 0 Å². The van der Waals surface area contributed by atoms with Crippen molar-refractivity contribution in [2.45, 2.75) is 24.8 Å². The molecule has 1 unspecified atom stereocenters. The van der Waals surface area contributed by atoms with Crippen molar-refractivity contribution in [2.24, 2.45) is 0 Å². The lowest BCUT2D eigenvalue weighted by Crippen LogP contribution is -2.49. The molecule has 9 nitrogen and oxygen atoms in total. The molecule has 0 heterocycles. The summed E-state index contributed by atoms with van der Waals surface area (Å²) in [7, 11) is 0. The maximum atomic E-state index is 12.5. The van der Waals surface area contributed by atoms with Crippen LogP contribution in [0.15, 0.2) is 61.2 Å². The third-order valence-corrected chi connectivity index (χ3v) is 5.47. The van der Waals surface area contributed by atoms with Crippen LogP contribution >= 0.6 is 0 Å². The predicted molar refractivity (Wildman–Crippen MR) is 125 cm³/mol. The van der Waals surface area contributed by atoms with E-state index in [2.05, 4.69) is 22.5 Å². The fourth-order valence-corrected chi connectivity index (χ4v) is 3.86. The maximum absolute atomic E-state index is 12.5. The Bertz CT molecular complexity index is 1040. The number of fused-ring (bicyclic) bond motifs is 3. The Hall–Kier alpha value is -4.14. The SMILES string of the molecule is C=CCCC(NC(=O)OCC1c2ccccc2-c2ccccc21)C(=O)NCC(=O)NCC(=O)O. The highest BCUT2D eigenvalue weighted by Gasteiger charge is 2.29. The van der Waals surface area contributed by atoms with E-state index >= 15 is 0 Å². The molecule has 0 saturated carbocycles. The molecular weight excluding hydrogens is 438 g/mol. The zero-order chi connectivity index (χ0) is 24.5. The maximum Gasteiger partial charge on any atom is 0.407 e. The quantitative estimate of drug-likeness (QED) is 0.376. The summed E-state index contributed by atoms with van der Waals surface area (Å²) in [5, 5.41) is 15.7. The zero-order valence-corrected chi connectivity index (χ0v) is 18.6. The zero-order valence-electron chi connectivity index (χ0n) is 18.6. The molecule has 0 bridgehead atoms. The molecule has 4 N–H and O–H groups in total. The van der Waals surface area contributed by atoms with E-state index in [4.69, 9.17) is 9.84 Å². The molecule has 3 amide bonds.